The van der Waals surface area contributed by atoms with Gasteiger partial charge in [-0.1, -0.05) is 12.1 Å². The van der Waals surface area contributed by atoms with Crippen molar-refractivity contribution in [1.29, 1.82) is 0 Å². The number of benzene rings is 2. The van der Waals surface area contributed by atoms with Gasteiger partial charge in [-0.25, -0.2) is 31.7 Å². The van der Waals surface area contributed by atoms with Gasteiger partial charge in [0.15, 0.2) is 5.78 Å². The van der Waals surface area contributed by atoms with Gasteiger partial charge in [-0.05, 0) is 56.1 Å². The fraction of sp³-hybridized carbons (Fsp3) is 0.333. The Labute approximate surface area is 284 Å². The normalized spacial score (nSPS) is 19.8. The van der Waals surface area contributed by atoms with E-state index < -0.39 is 69.2 Å². The number of urea groups is 1. The lowest BCUT2D eigenvalue weighted by Crippen LogP contribution is -2.65. The first-order valence-corrected chi connectivity index (χ1v) is 17.2. The predicted octanol–water partition coefficient (Wildman–Crippen LogP) is 2.56. The van der Waals surface area contributed by atoms with Gasteiger partial charge < -0.3 is 20.6 Å². The highest BCUT2D eigenvalue weighted by Crippen LogP contribution is 2.33. The van der Waals surface area contributed by atoms with Crippen LogP contribution in [-0.4, -0.2) is 85.2 Å². The Kier molecular flexibility index (Phi) is 9.37. The first-order chi connectivity index (χ1) is 23.7. The van der Waals surface area contributed by atoms with Crippen LogP contribution in [0.15, 0.2) is 59.6 Å². The highest BCUT2D eigenvalue weighted by atomic mass is 32.2. The summed E-state index contributed by atoms with van der Waals surface area (Å²) in [4.78, 5) is 69.7. The average Bonchev–Trinajstić information content (AvgIpc) is 3.95. The molecule has 3 aromatic rings. The van der Waals surface area contributed by atoms with Crippen LogP contribution in [0.4, 0.5) is 25.0 Å². The fourth-order valence-corrected chi connectivity index (χ4v) is 7.09. The summed E-state index contributed by atoms with van der Waals surface area (Å²) in [5.41, 5.74) is -1.03. The average molecular weight is 711 g/mol. The highest BCUT2D eigenvalue weighted by molar-refractivity contribution is 7.92. The molecule has 2 saturated heterocycles. The first kappa shape index (κ1) is 34.6. The van der Waals surface area contributed by atoms with E-state index in [2.05, 4.69) is 15.6 Å². The van der Waals surface area contributed by atoms with Gasteiger partial charge in [-0.2, -0.15) is 0 Å². The molecule has 1 saturated carbocycles. The van der Waals surface area contributed by atoms with Crippen molar-refractivity contribution >= 4 is 51.0 Å². The molecule has 4 amide bonds. The molecule has 2 aromatic carbocycles. The monoisotopic (exact) mass is 710 g/mol. The van der Waals surface area contributed by atoms with E-state index in [1.165, 1.54) is 35.4 Å². The molecule has 6 rings (SSSR count). The maximum Gasteiger partial charge on any atom is 0.331 e. The SMILES string of the molecule is CN1C(=O)N(c2ccc(C[C@H](NC(=O)c3cc(F)c(NS(=O)(=O)c4ccc(C(=O)C5CC5)cc4)cc3F)C(=O)O)nc2)C(=O)C2CCNCC21. The van der Waals surface area contributed by atoms with Crippen LogP contribution < -0.4 is 20.3 Å². The summed E-state index contributed by atoms with van der Waals surface area (Å²) in [6.45, 7) is 1.12. The van der Waals surface area contributed by atoms with Crippen molar-refractivity contribution in [2.24, 2.45) is 11.8 Å². The van der Waals surface area contributed by atoms with Crippen molar-refractivity contribution in [1.82, 2.24) is 20.5 Å². The lowest BCUT2D eigenvalue weighted by molar-refractivity contribution is -0.139. The van der Waals surface area contributed by atoms with Gasteiger partial charge in [-0.15, -0.1) is 0 Å². The number of halogens is 2. The number of carbonyl (C=O) groups excluding carboxylic acids is 4. The van der Waals surface area contributed by atoms with E-state index in [4.69, 9.17) is 0 Å². The van der Waals surface area contributed by atoms with Gasteiger partial charge in [0.25, 0.3) is 15.9 Å². The smallest absolute Gasteiger partial charge is 0.331 e. The van der Waals surface area contributed by atoms with Gasteiger partial charge in [0.2, 0.25) is 5.91 Å². The van der Waals surface area contributed by atoms with Crippen LogP contribution in [0.25, 0.3) is 0 Å². The molecule has 2 unspecified atom stereocenters. The predicted molar refractivity (Wildman–Crippen MR) is 173 cm³/mol. The molecule has 50 heavy (non-hydrogen) atoms. The van der Waals surface area contributed by atoms with Crippen LogP contribution in [0.3, 0.4) is 0 Å². The van der Waals surface area contributed by atoms with Crippen LogP contribution in [-0.2, 0) is 26.0 Å². The number of Topliss-reactive ketones (excluding diaryl/α,β-unsaturated/α-hetero) is 1. The molecule has 0 spiro atoms. The Morgan fingerprint density at radius 2 is 1.76 bits per heavy atom. The number of aromatic nitrogens is 1. The molecule has 1 aromatic heterocycles. The van der Waals surface area contributed by atoms with Crippen molar-refractivity contribution in [3.63, 3.8) is 0 Å². The number of anilines is 2. The molecule has 262 valence electrons. The summed E-state index contributed by atoms with van der Waals surface area (Å²) in [7, 11) is -2.81. The second-order valence-electron chi connectivity index (χ2n) is 12.4. The quantitative estimate of drug-likeness (QED) is 0.215. The van der Waals surface area contributed by atoms with Crippen molar-refractivity contribution in [2.45, 2.75) is 42.7 Å². The van der Waals surface area contributed by atoms with Gasteiger partial charge in [-0.3, -0.25) is 24.1 Å². The largest absolute Gasteiger partial charge is 0.480 e. The number of aliphatic carboxylic acids is 1. The number of rotatable bonds is 11. The van der Waals surface area contributed by atoms with E-state index >= 15 is 8.78 Å². The molecule has 0 radical (unpaired) electrons. The van der Waals surface area contributed by atoms with Crippen molar-refractivity contribution < 1.29 is 46.3 Å². The number of nitrogens with one attached hydrogen (secondary N) is 3. The third kappa shape index (κ3) is 6.91. The number of ketones is 1. The summed E-state index contributed by atoms with van der Waals surface area (Å²) in [6, 6.07) is 6.22. The molecular formula is C33H32F2N6O8S. The summed E-state index contributed by atoms with van der Waals surface area (Å²) in [6.07, 6.45) is 2.92. The zero-order valence-electron chi connectivity index (χ0n) is 26.6. The number of pyridine rings is 1. The number of piperidine rings is 1. The number of nitrogens with zero attached hydrogens (tertiary/aromatic N) is 3. The number of hydrogen-bond acceptors (Lipinski definition) is 9. The lowest BCUT2D eigenvalue weighted by Gasteiger charge is -2.45. The Balaban J connectivity index is 1.12. The fourth-order valence-electron chi connectivity index (χ4n) is 6.03. The van der Waals surface area contributed by atoms with Gasteiger partial charge in [0, 0.05) is 43.3 Å². The standard InChI is InChI=1S/C33H32F2N6O8S/c1-40-28-16-36-11-10-22(28)31(44)41(33(40)47)20-7-6-19(37-15-20)12-27(32(45)46)38-30(43)23-13-25(35)26(14-24(23)34)39-50(48,49)21-8-4-18(5-9-21)29(42)17-2-3-17/h4-9,13-15,17,22,27-28,36,39H,2-3,10-12,16H2,1H3,(H,38,43)(H,45,46)/t22?,27-,28?/m0/s1. The van der Waals surface area contributed by atoms with Crippen LogP contribution in [0, 0.1) is 23.5 Å². The minimum Gasteiger partial charge on any atom is -0.480 e. The lowest BCUT2D eigenvalue weighted by atomic mass is 9.88. The Hall–Kier alpha value is -5.29. The van der Waals surface area contributed by atoms with Crippen molar-refractivity contribution in [2.75, 3.05) is 29.8 Å². The highest BCUT2D eigenvalue weighted by Gasteiger charge is 2.46. The van der Waals surface area contributed by atoms with Gasteiger partial charge >= 0.3 is 12.0 Å². The zero-order valence-corrected chi connectivity index (χ0v) is 27.4. The first-order valence-electron chi connectivity index (χ1n) is 15.7. The number of carbonyl (C=O) groups is 5. The Bertz CT molecular complexity index is 1990. The minimum absolute atomic E-state index is 0.0755. The number of hydrogen-bond donors (Lipinski definition) is 4. The van der Waals surface area contributed by atoms with Crippen molar-refractivity contribution in [3.8, 4) is 0 Å². The molecule has 4 N–H and O–H groups in total. The summed E-state index contributed by atoms with van der Waals surface area (Å²) in [5.74, 6) is -6.40. The maximum atomic E-state index is 15.0. The number of sulfonamides is 1. The Morgan fingerprint density at radius 3 is 2.40 bits per heavy atom. The van der Waals surface area contributed by atoms with Crippen LogP contribution in [0.5, 0.6) is 0 Å². The zero-order chi connectivity index (χ0) is 35.9. The molecular weight excluding hydrogens is 678 g/mol. The Morgan fingerprint density at radius 1 is 1.04 bits per heavy atom. The molecule has 3 atom stereocenters. The second-order valence-corrected chi connectivity index (χ2v) is 14.1. The number of amides is 4. The van der Waals surface area contributed by atoms with Crippen LogP contribution >= 0.6 is 0 Å². The maximum absolute atomic E-state index is 15.0. The van der Waals surface area contributed by atoms with Crippen molar-refractivity contribution in [3.05, 3.63) is 83.2 Å². The van der Waals surface area contributed by atoms with E-state index in [9.17, 15) is 37.5 Å². The molecule has 1 aliphatic carbocycles. The van der Waals surface area contributed by atoms with E-state index in [-0.39, 0.29) is 39.9 Å². The number of fused-ring (bicyclic) bond motifs is 1. The molecule has 3 fully saturated rings. The topological polar surface area (TPSA) is 195 Å². The summed E-state index contributed by atoms with van der Waals surface area (Å²) in [5, 5.41) is 15.1. The second kappa shape index (κ2) is 13.5. The molecule has 3 heterocycles. The summed E-state index contributed by atoms with van der Waals surface area (Å²) < 4.78 is 57.7. The third-order valence-electron chi connectivity index (χ3n) is 9.01. The molecule has 17 heteroatoms. The molecule has 0 bridgehead atoms. The number of imide groups is 1. The molecule has 2 aliphatic heterocycles. The van der Waals surface area contributed by atoms with Gasteiger partial charge in [0.1, 0.15) is 17.7 Å². The third-order valence-corrected chi connectivity index (χ3v) is 10.4. The molecule has 14 nitrogen and oxygen atoms in total. The van der Waals surface area contributed by atoms with E-state index in [1.807, 2.05) is 4.72 Å². The van der Waals surface area contributed by atoms with Crippen LogP contribution in [0.2, 0.25) is 0 Å². The number of likely N-dealkylation sites (N-methyl/N-ethyl adjacent to an activating group) is 1. The molecule has 3 aliphatic rings. The summed E-state index contributed by atoms with van der Waals surface area (Å²) >= 11 is 0. The van der Waals surface area contributed by atoms with E-state index in [0.29, 0.717) is 37.2 Å². The van der Waals surface area contributed by atoms with E-state index in [0.717, 1.165) is 29.9 Å². The van der Waals surface area contributed by atoms with Gasteiger partial charge in [0.05, 0.1) is 40.0 Å². The minimum atomic E-state index is -4.42. The van der Waals surface area contributed by atoms with E-state index in [1.54, 1.807) is 7.05 Å². The van der Waals surface area contributed by atoms with Crippen LogP contribution in [0.1, 0.15) is 45.7 Å². The number of carboxylic acids is 1. The number of carboxylic acid groups (broad SMARTS) is 1.